The summed E-state index contributed by atoms with van der Waals surface area (Å²) >= 11 is 0. The monoisotopic (exact) mass is 364 g/mol. The molecule has 0 saturated carbocycles. The normalized spacial score (nSPS) is 14.5. The van der Waals surface area contributed by atoms with Gasteiger partial charge >= 0.3 is 11.9 Å². The van der Waals surface area contributed by atoms with Crippen LogP contribution in [0.15, 0.2) is 12.3 Å². The van der Waals surface area contributed by atoms with Crippen molar-refractivity contribution in [3.8, 4) is 0 Å². The molecule has 1 unspecified atom stereocenters. The molecule has 0 rings (SSSR count). The summed E-state index contributed by atoms with van der Waals surface area (Å²) in [7, 11) is -4.94. The van der Waals surface area contributed by atoms with Crippen LogP contribution >= 0.6 is 0 Å². The first-order valence-corrected chi connectivity index (χ1v) is 9.70. The van der Waals surface area contributed by atoms with E-state index in [2.05, 4.69) is 6.92 Å². The molecule has 0 amide bonds. The Morgan fingerprint density at radius 3 is 2.17 bits per heavy atom. The minimum atomic E-state index is -4.94. The van der Waals surface area contributed by atoms with Gasteiger partial charge in [0.25, 0.3) is 10.1 Å². The number of aliphatic carboxylic acids is 1. The highest BCUT2D eigenvalue weighted by Crippen LogP contribution is 2.30. The summed E-state index contributed by atoms with van der Waals surface area (Å²) in [6.45, 7) is 3.85. The summed E-state index contributed by atoms with van der Waals surface area (Å²) < 4.78 is 35.4. The number of esters is 1. The third-order valence-electron chi connectivity index (χ3n) is 3.74. The van der Waals surface area contributed by atoms with Crippen LogP contribution in [0.1, 0.15) is 71.6 Å². The molecule has 0 aromatic rings. The van der Waals surface area contributed by atoms with E-state index in [1.807, 2.05) is 0 Å². The van der Waals surface area contributed by atoms with Crippen LogP contribution in [0.5, 0.6) is 0 Å². The molecule has 0 aromatic carbocycles. The van der Waals surface area contributed by atoms with Gasteiger partial charge in [0.2, 0.25) is 4.75 Å². The van der Waals surface area contributed by atoms with Crippen LogP contribution in [0.4, 0.5) is 0 Å². The van der Waals surface area contributed by atoms with Gasteiger partial charge in [-0.25, -0.2) is 4.79 Å². The molecular weight excluding hydrogens is 336 g/mol. The lowest BCUT2D eigenvalue weighted by molar-refractivity contribution is -0.147. The largest absolute Gasteiger partial charge is 0.481 e. The number of hydrogen-bond donors (Lipinski definition) is 2. The number of hydrogen-bond acceptors (Lipinski definition) is 5. The molecule has 8 heteroatoms. The van der Waals surface area contributed by atoms with Crippen LogP contribution in [0.25, 0.3) is 0 Å². The van der Waals surface area contributed by atoms with Gasteiger partial charge < -0.3 is 9.84 Å². The summed E-state index contributed by atoms with van der Waals surface area (Å²) in [4.78, 5) is 23.3. The Morgan fingerprint density at radius 1 is 1.08 bits per heavy atom. The van der Waals surface area contributed by atoms with E-state index in [0.717, 1.165) is 31.9 Å². The van der Waals surface area contributed by atoms with E-state index in [9.17, 15) is 22.6 Å². The van der Waals surface area contributed by atoms with Gasteiger partial charge in [-0.3, -0.25) is 9.35 Å². The molecule has 7 nitrogen and oxygen atoms in total. The smallest absolute Gasteiger partial charge is 0.335 e. The molecule has 0 fully saturated rings. The lowest BCUT2D eigenvalue weighted by atomic mass is 9.96. The van der Waals surface area contributed by atoms with E-state index in [-0.39, 0.29) is 6.42 Å². The summed E-state index contributed by atoms with van der Waals surface area (Å²) in [6.07, 6.45) is 6.66. The van der Waals surface area contributed by atoms with Crippen molar-refractivity contribution in [1.82, 2.24) is 0 Å². The highest BCUT2D eigenvalue weighted by Gasteiger charge is 2.52. The highest BCUT2D eigenvalue weighted by atomic mass is 32.2. The minimum absolute atomic E-state index is 0.289. The van der Waals surface area contributed by atoms with Crippen molar-refractivity contribution < 1.29 is 32.4 Å². The molecule has 24 heavy (non-hydrogen) atoms. The maximum Gasteiger partial charge on any atom is 0.335 e. The Balaban J connectivity index is 5.19. The van der Waals surface area contributed by atoms with E-state index in [0.29, 0.717) is 19.3 Å². The van der Waals surface area contributed by atoms with Crippen LogP contribution in [-0.4, -0.2) is 34.8 Å². The van der Waals surface area contributed by atoms with Gasteiger partial charge in [-0.1, -0.05) is 52.4 Å². The van der Waals surface area contributed by atoms with Crippen molar-refractivity contribution in [3.63, 3.8) is 0 Å². The fraction of sp³-hybridized carbons (Fsp3) is 0.750. The summed E-state index contributed by atoms with van der Waals surface area (Å²) in [5.74, 6) is -2.75. The molecule has 1 atom stereocenters. The molecule has 0 aliphatic rings. The van der Waals surface area contributed by atoms with E-state index in [4.69, 9.17) is 9.84 Å². The highest BCUT2D eigenvalue weighted by molar-refractivity contribution is 7.88. The first kappa shape index (κ1) is 22.6. The van der Waals surface area contributed by atoms with Gasteiger partial charge in [0.15, 0.2) is 0 Å². The Labute approximate surface area is 143 Å². The topological polar surface area (TPSA) is 118 Å². The number of carboxylic acid groups (broad SMARTS) is 1. The van der Waals surface area contributed by atoms with Crippen molar-refractivity contribution in [3.05, 3.63) is 12.3 Å². The number of ether oxygens (including phenoxy) is 1. The predicted molar refractivity (Wildman–Crippen MR) is 90.0 cm³/mol. The van der Waals surface area contributed by atoms with Gasteiger partial charge in [-0.05, 0) is 18.9 Å². The summed E-state index contributed by atoms with van der Waals surface area (Å²) in [6, 6.07) is 0. The van der Waals surface area contributed by atoms with Crippen molar-refractivity contribution in [1.29, 1.82) is 0 Å². The zero-order valence-electron chi connectivity index (χ0n) is 14.4. The Morgan fingerprint density at radius 2 is 1.67 bits per heavy atom. The second-order valence-electron chi connectivity index (χ2n) is 5.74. The molecule has 0 heterocycles. The van der Waals surface area contributed by atoms with E-state index >= 15 is 0 Å². The zero-order chi connectivity index (χ0) is 18.6. The fourth-order valence-corrected chi connectivity index (χ4v) is 3.30. The van der Waals surface area contributed by atoms with Gasteiger partial charge in [-0.2, -0.15) is 8.42 Å². The third-order valence-corrected chi connectivity index (χ3v) is 5.25. The van der Waals surface area contributed by atoms with Crippen LogP contribution in [0.3, 0.4) is 0 Å². The maximum absolute atomic E-state index is 12.2. The second kappa shape index (κ2) is 11.2. The first-order valence-electron chi connectivity index (χ1n) is 8.26. The van der Waals surface area contributed by atoms with Crippen LogP contribution in [-0.2, 0) is 24.4 Å². The standard InChI is InChI=1S/C16H28O7S/c1-3-5-7-8-9-10-11-16(13-14(17)18,24(20,21)22)15(19)23-12-6-4-2/h6,12H,3-5,7-11,13H2,1-2H3,(H,17,18)(H,20,21,22). The summed E-state index contributed by atoms with van der Waals surface area (Å²) in [5, 5.41) is 9.00. The molecule has 0 spiro atoms. The maximum atomic E-state index is 12.2. The number of unbranched alkanes of at least 4 members (excludes halogenated alkanes) is 5. The molecule has 140 valence electrons. The Kier molecular flexibility index (Phi) is 10.5. The first-order chi connectivity index (χ1) is 11.2. The van der Waals surface area contributed by atoms with Gasteiger partial charge in [0, 0.05) is 0 Å². The zero-order valence-corrected chi connectivity index (χ0v) is 15.2. The van der Waals surface area contributed by atoms with Gasteiger partial charge in [0.05, 0.1) is 12.7 Å². The van der Waals surface area contributed by atoms with E-state index in [1.54, 1.807) is 6.92 Å². The van der Waals surface area contributed by atoms with Gasteiger partial charge in [-0.15, -0.1) is 0 Å². The van der Waals surface area contributed by atoms with Crippen molar-refractivity contribution in [2.45, 2.75) is 76.4 Å². The Bertz CT molecular complexity index is 525. The minimum Gasteiger partial charge on any atom is -0.481 e. The average molecular weight is 364 g/mol. The molecule has 0 bridgehead atoms. The molecule has 0 aliphatic carbocycles. The third kappa shape index (κ3) is 7.44. The molecule has 2 N–H and O–H groups in total. The van der Waals surface area contributed by atoms with Crippen LogP contribution in [0.2, 0.25) is 0 Å². The molecule has 0 aliphatic heterocycles. The van der Waals surface area contributed by atoms with Crippen LogP contribution in [0, 0.1) is 0 Å². The number of carboxylic acids is 1. The lowest BCUT2D eigenvalue weighted by Crippen LogP contribution is -2.48. The molecule has 0 saturated heterocycles. The van der Waals surface area contributed by atoms with Crippen LogP contribution < -0.4 is 0 Å². The van der Waals surface area contributed by atoms with Gasteiger partial charge in [0.1, 0.15) is 0 Å². The van der Waals surface area contributed by atoms with Crippen molar-refractivity contribution in [2.75, 3.05) is 0 Å². The number of carbonyl (C=O) groups excluding carboxylic acids is 1. The Hall–Kier alpha value is -1.41. The quantitative estimate of drug-likeness (QED) is 0.223. The SMILES string of the molecule is CCC=COC(=O)C(CCCCCCCC)(CC(=O)O)S(=O)(=O)O. The molecule has 0 radical (unpaired) electrons. The van der Waals surface area contributed by atoms with Crippen molar-refractivity contribution >= 4 is 22.1 Å². The second-order valence-corrected chi connectivity index (χ2v) is 7.47. The van der Waals surface area contributed by atoms with E-state index in [1.165, 1.54) is 6.08 Å². The number of carbonyl (C=O) groups is 2. The molecular formula is C16H28O7S. The molecule has 0 aromatic heterocycles. The fourth-order valence-electron chi connectivity index (χ4n) is 2.34. The number of allylic oxidation sites excluding steroid dienone is 1. The summed E-state index contributed by atoms with van der Waals surface area (Å²) in [5.41, 5.74) is 0. The van der Waals surface area contributed by atoms with E-state index < -0.39 is 33.2 Å². The van der Waals surface area contributed by atoms with Crippen molar-refractivity contribution in [2.24, 2.45) is 0 Å². The lowest BCUT2D eigenvalue weighted by Gasteiger charge is -2.26. The number of rotatable bonds is 13. The predicted octanol–water partition coefficient (Wildman–Crippen LogP) is 3.31. The average Bonchev–Trinajstić information content (AvgIpc) is 2.48.